The second kappa shape index (κ2) is 2.95. The van der Waals surface area contributed by atoms with Crippen molar-refractivity contribution >= 4 is 37.3 Å². The first-order valence-electron chi connectivity index (χ1n) is 4.23. The Morgan fingerprint density at radius 2 is 0.667 bits per heavy atom. The van der Waals surface area contributed by atoms with Gasteiger partial charge in [-0.1, -0.05) is 37.3 Å². The Labute approximate surface area is 77.7 Å². The van der Waals surface area contributed by atoms with Crippen molar-refractivity contribution in [2.75, 3.05) is 40.0 Å². The lowest BCUT2D eigenvalue weighted by Crippen LogP contribution is -1.98. The van der Waals surface area contributed by atoms with Crippen LogP contribution in [-0.2, 0) is 0 Å². The molecule has 1 aliphatic heterocycles. The third-order valence-corrected chi connectivity index (χ3v) is 16.1. The molecule has 0 saturated carbocycles. The van der Waals surface area contributed by atoms with Gasteiger partial charge in [0.25, 0.3) is 0 Å². The molecule has 3 heteroatoms. The molecule has 0 unspecified atom stereocenters. The Morgan fingerprint density at radius 3 is 0.833 bits per heavy atom. The van der Waals surface area contributed by atoms with Gasteiger partial charge in [-0.3, -0.25) is 0 Å². The average molecular weight is 222 g/mol. The molecule has 0 bridgehead atoms. The fraction of sp³-hybridized carbons (Fsp3) is 0.667. The Balaban J connectivity index is 3.46. The van der Waals surface area contributed by atoms with E-state index in [0.29, 0.717) is 0 Å². The number of hydrogen-bond donors (Lipinski definition) is 0. The van der Waals surface area contributed by atoms with Crippen molar-refractivity contribution in [1.82, 2.24) is 0 Å². The van der Waals surface area contributed by atoms with E-state index in [4.69, 9.17) is 0 Å². The van der Waals surface area contributed by atoms with Gasteiger partial charge in [-0.05, 0) is 40.0 Å². The van der Waals surface area contributed by atoms with Gasteiger partial charge in [0, 0.05) is 0 Å². The van der Waals surface area contributed by atoms with Crippen LogP contribution in [0.15, 0.2) is 0 Å². The molecule has 72 valence electrons. The molecule has 12 heavy (non-hydrogen) atoms. The minimum atomic E-state index is -0.762. The highest BCUT2D eigenvalue weighted by Gasteiger charge is 2.15. The maximum atomic E-state index is 2.67. The second-order valence-electron chi connectivity index (χ2n) is 5.23. The lowest BCUT2D eigenvalue weighted by molar-refractivity contribution is 2.21. The van der Waals surface area contributed by atoms with E-state index in [0.717, 1.165) is 0 Å². The van der Waals surface area contributed by atoms with Crippen molar-refractivity contribution in [2.45, 2.75) is 0 Å². The summed E-state index contributed by atoms with van der Waals surface area (Å²) in [5.74, 6) is 0. The summed E-state index contributed by atoms with van der Waals surface area (Å²) in [5.41, 5.74) is 8.02. The number of hydrogen-bond acceptors (Lipinski definition) is 0. The van der Waals surface area contributed by atoms with Gasteiger partial charge < -0.3 is 0 Å². The summed E-state index contributed by atoms with van der Waals surface area (Å²) in [7, 11) is 0. The second-order valence-corrected chi connectivity index (χ2v) is 17.8. The predicted octanol–water partition coefficient (Wildman–Crippen LogP) is 3.11. The first-order valence-corrected chi connectivity index (χ1v) is 12.7. The summed E-state index contributed by atoms with van der Waals surface area (Å²) >= 11 is 0. The first-order chi connectivity index (χ1) is 5.12. The van der Waals surface area contributed by atoms with Gasteiger partial charge in [0.1, 0.15) is 0 Å². The first kappa shape index (κ1) is 11.0. The minimum Gasteiger partial charge on any atom is -0.0898 e. The highest BCUT2D eigenvalue weighted by atomic mass is 31.2. The maximum Gasteiger partial charge on any atom is -0.0415 e. The molecule has 0 nitrogen and oxygen atoms in total. The van der Waals surface area contributed by atoms with Crippen molar-refractivity contribution < 1.29 is 0 Å². The zero-order valence-electron chi connectivity index (χ0n) is 9.07. The molecule has 1 aliphatic rings. The average Bonchev–Trinajstić information content (AvgIpc) is 1.44. The lowest BCUT2D eigenvalue weighted by Gasteiger charge is -2.29. The molecule has 0 aromatic heterocycles. The zero-order valence-corrected chi connectivity index (χ0v) is 11.8. The van der Waals surface area contributed by atoms with Gasteiger partial charge in [0.2, 0.25) is 0 Å². The topological polar surface area (TPSA) is 0 Å². The highest BCUT2D eigenvalue weighted by molar-refractivity contribution is 8.20. The lowest BCUT2D eigenvalue weighted by atomic mass is 11.8. The normalized spacial score (nSPS) is 29.5. The van der Waals surface area contributed by atoms with Crippen LogP contribution in [0, 0.1) is 0 Å². The molecular formula is C9H21P3. The molecule has 0 saturated heterocycles. The van der Waals surface area contributed by atoms with Crippen LogP contribution in [0.4, 0.5) is 0 Å². The van der Waals surface area contributed by atoms with E-state index in [2.05, 4.69) is 56.6 Å². The molecule has 0 atom stereocenters. The van der Waals surface area contributed by atoms with Crippen LogP contribution in [-0.4, -0.2) is 56.6 Å². The zero-order chi connectivity index (χ0) is 9.62. The molecule has 0 aromatic rings. The summed E-state index contributed by atoms with van der Waals surface area (Å²) in [5, 5.41) is 0. The van der Waals surface area contributed by atoms with Crippen LogP contribution < -0.4 is 0 Å². The fourth-order valence-corrected chi connectivity index (χ4v) is 23.1. The smallest absolute Gasteiger partial charge is 0.0415 e. The fourth-order valence-electron chi connectivity index (χ4n) is 2.39. The largest absolute Gasteiger partial charge is 0.0898 e. The SMILES string of the molecule is CP1(C)=CP(C)(C)=CP(C)(C)=C1. The molecule has 1 rings (SSSR count). The molecule has 1 heterocycles. The molecule has 0 radical (unpaired) electrons. The van der Waals surface area contributed by atoms with E-state index in [-0.39, 0.29) is 0 Å². The molecule has 0 aromatic carbocycles. The Kier molecular flexibility index (Phi) is 2.70. The van der Waals surface area contributed by atoms with Gasteiger partial charge in [0.05, 0.1) is 0 Å². The van der Waals surface area contributed by atoms with Gasteiger partial charge >= 0.3 is 0 Å². The predicted molar refractivity (Wildman–Crippen MR) is 74.5 cm³/mol. The van der Waals surface area contributed by atoms with Crippen LogP contribution in [0.1, 0.15) is 0 Å². The number of rotatable bonds is 0. The monoisotopic (exact) mass is 222 g/mol. The van der Waals surface area contributed by atoms with Crippen LogP contribution in [0.5, 0.6) is 0 Å². The quantitative estimate of drug-likeness (QED) is 0.552. The standard InChI is InChI=1S/C9H21P3/c1-10(2)7-11(3,4)9-12(5,6)8-10/h7-9H,1-6H3. The summed E-state index contributed by atoms with van der Waals surface area (Å²) < 4.78 is 0. The van der Waals surface area contributed by atoms with E-state index < -0.39 is 20.7 Å². The Bertz CT molecular complexity index is 266. The van der Waals surface area contributed by atoms with Gasteiger partial charge in [-0.2, -0.15) is 0 Å². The van der Waals surface area contributed by atoms with Crippen molar-refractivity contribution in [2.24, 2.45) is 0 Å². The summed E-state index contributed by atoms with van der Waals surface area (Å²) in [6.07, 6.45) is 0. The van der Waals surface area contributed by atoms with Crippen molar-refractivity contribution in [3.63, 3.8) is 0 Å². The van der Waals surface area contributed by atoms with Crippen LogP contribution in [0.2, 0.25) is 0 Å². The highest BCUT2D eigenvalue weighted by Crippen LogP contribution is 2.60. The van der Waals surface area contributed by atoms with E-state index in [9.17, 15) is 0 Å². The summed E-state index contributed by atoms with van der Waals surface area (Å²) in [6.45, 7) is 12.4. The van der Waals surface area contributed by atoms with E-state index in [1.807, 2.05) is 0 Å². The van der Waals surface area contributed by atoms with Crippen molar-refractivity contribution in [3.05, 3.63) is 0 Å². The molecule has 0 amide bonds. The summed E-state index contributed by atoms with van der Waals surface area (Å²) in [4.78, 5) is 0. The third-order valence-electron chi connectivity index (χ3n) is 1.79. The molecule has 0 N–H and O–H groups in total. The van der Waals surface area contributed by atoms with Gasteiger partial charge in [-0.25, -0.2) is 0 Å². The van der Waals surface area contributed by atoms with E-state index in [1.165, 1.54) is 0 Å². The third kappa shape index (κ3) is 2.99. The van der Waals surface area contributed by atoms with Crippen LogP contribution in [0.25, 0.3) is 0 Å². The molecular weight excluding hydrogens is 201 g/mol. The van der Waals surface area contributed by atoms with E-state index >= 15 is 0 Å². The summed E-state index contributed by atoms with van der Waals surface area (Å²) in [6, 6.07) is 0. The van der Waals surface area contributed by atoms with Crippen LogP contribution in [0.3, 0.4) is 0 Å². The Hall–Kier alpha value is 0.900. The van der Waals surface area contributed by atoms with Gasteiger partial charge in [-0.15, -0.1) is 0 Å². The van der Waals surface area contributed by atoms with E-state index in [1.54, 1.807) is 0 Å². The Morgan fingerprint density at radius 1 is 0.500 bits per heavy atom. The molecule has 0 aliphatic carbocycles. The molecule has 0 fully saturated rings. The maximum absolute atomic E-state index is 2.67. The van der Waals surface area contributed by atoms with Crippen LogP contribution >= 0.6 is 20.7 Å². The molecule has 0 spiro atoms. The minimum absolute atomic E-state index is 0.762. The van der Waals surface area contributed by atoms with Crippen molar-refractivity contribution in [3.8, 4) is 0 Å². The van der Waals surface area contributed by atoms with Gasteiger partial charge in [0.15, 0.2) is 0 Å². The van der Waals surface area contributed by atoms with Crippen molar-refractivity contribution in [1.29, 1.82) is 0 Å².